The fourth-order valence-corrected chi connectivity index (χ4v) is 4.75. The molecule has 1 aromatic carbocycles. The number of nitrogens with zero attached hydrogens (tertiary/aromatic N) is 4. The molecule has 11 heteroatoms. The molecule has 9 nitrogen and oxygen atoms in total. The number of ether oxygens (including phenoxy) is 1. The van der Waals surface area contributed by atoms with Crippen molar-refractivity contribution >= 4 is 22.6 Å². The van der Waals surface area contributed by atoms with Gasteiger partial charge in [0.25, 0.3) is 11.8 Å². The highest BCUT2D eigenvalue weighted by atomic mass is 19.3. The van der Waals surface area contributed by atoms with Gasteiger partial charge in [0.1, 0.15) is 5.82 Å². The third-order valence-electron chi connectivity index (χ3n) is 6.80. The number of benzene rings is 1. The number of nitrogens with one attached hydrogen (secondary N) is 2. The highest BCUT2D eigenvalue weighted by molar-refractivity contribution is 6.06. The number of aromatic nitrogens is 3. The minimum atomic E-state index is -2.69. The third kappa shape index (κ3) is 5.36. The zero-order chi connectivity index (χ0) is 25.1. The molecule has 190 valence electrons. The van der Waals surface area contributed by atoms with Crippen molar-refractivity contribution in [2.45, 2.75) is 24.8 Å². The van der Waals surface area contributed by atoms with Crippen molar-refractivity contribution in [3.63, 3.8) is 0 Å². The van der Waals surface area contributed by atoms with Crippen LogP contribution in [0.15, 0.2) is 47.5 Å². The smallest absolute Gasteiger partial charge is 0.344 e. The molecule has 0 saturated carbocycles. The lowest BCUT2D eigenvalue weighted by Gasteiger charge is -2.37. The summed E-state index contributed by atoms with van der Waals surface area (Å²) in [7, 11) is 0. The van der Waals surface area contributed by atoms with Crippen molar-refractivity contribution in [2.24, 2.45) is 0 Å². The van der Waals surface area contributed by atoms with Gasteiger partial charge in [-0.05, 0) is 24.3 Å². The molecule has 2 aromatic heterocycles. The van der Waals surface area contributed by atoms with E-state index in [1.807, 2.05) is 23.1 Å². The SMILES string of the molecule is O=C(NCC(c1cnc(=O)[nH]c1)N1CCC(F)(F)CC1)c1cccc2nc(N3CCOCC3)ccc12. The molecule has 0 spiro atoms. The maximum Gasteiger partial charge on any atom is 0.344 e. The molecule has 0 radical (unpaired) electrons. The number of H-pyrrole nitrogens is 1. The molecule has 4 heterocycles. The number of morpholine rings is 1. The van der Waals surface area contributed by atoms with Gasteiger partial charge in [0.05, 0.1) is 24.8 Å². The van der Waals surface area contributed by atoms with Crippen LogP contribution in [-0.2, 0) is 4.74 Å². The minimum absolute atomic E-state index is 0.174. The van der Waals surface area contributed by atoms with E-state index < -0.39 is 17.7 Å². The number of fused-ring (bicyclic) bond motifs is 1. The van der Waals surface area contributed by atoms with Crippen LogP contribution in [0.2, 0.25) is 0 Å². The number of piperidine rings is 1. The molecule has 1 unspecified atom stereocenters. The first-order chi connectivity index (χ1) is 17.4. The number of amides is 1. The van der Waals surface area contributed by atoms with Crippen molar-refractivity contribution in [1.29, 1.82) is 0 Å². The van der Waals surface area contributed by atoms with Crippen molar-refractivity contribution in [2.75, 3.05) is 50.8 Å². The zero-order valence-electron chi connectivity index (χ0n) is 19.8. The number of hydrogen-bond donors (Lipinski definition) is 2. The summed E-state index contributed by atoms with van der Waals surface area (Å²) in [6, 6.07) is 8.81. The number of alkyl halides is 2. The van der Waals surface area contributed by atoms with Gasteiger partial charge >= 0.3 is 5.69 Å². The Morgan fingerprint density at radius 2 is 1.92 bits per heavy atom. The Morgan fingerprint density at radius 1 is 1.14 bits per heavy atom. The number of carbonyl (C=O) groups excluding carboxylic acids is 1. The average molecular weight is 499 g/mol. The zero-order valence-corrected chi connectivity index (χ0v) is 19.8. The maximum atomic E-state index is 13.8. The molecular formula is C25H28F2N6O3. The third-order valence-corrected chi connectivity index (χ3v) is 6.80. The van der Waals surface area contributed by atoms with Gasteiger partial charge in [-0.3, -0.25) is 9.69 Å². The van der Waals surface area contributed by atoms with E-state index in [1.54, 1.807) is 12.1 Å². The Morgan fingerprint density at radius 3 is 2.64 bits per heavy atom. The summed E-state index contributed by atoms with van der Waals surface area (Å²) >= 11 is 0. The van der Waals surface area contributed by atoms with Crippen LogP contribution in [-0.4, -0.2) is 77.6 Å². The highest BCUT2D eigenvalue weighted by Gasteiger charge is 2.37. The van der Waals surface area contributed by atoms with Gasteiger partial charge in [-0.15, -0.1) is 0 Å². The van der Waals surface area contributed by atoms with E-state index in [-0.39, 0.29) is 38.4 Å². The highest BCUT2D eigenvalue weighted by Crippen LogP contribution is 2.32. The summed E-state index contributed by atoms with van der Waals surface area (Å²) in [4.78, 5) is 39.8. The first-order valence-corrected chi connectivity index (χ1v) is 12.1. The number of pyridine rings is 1. The van der Waals surface area contributed by atoms with Crippen LogP contribution in [0.3, 0.4) is 0 Å². The van der Waals surface area contributed by atoms with Gasteiger partial charge in [0.2, 0.25) is 0 Å². The summed E-state index contributed by atoms with van der Waals surface area (Å²) in [6.45, 7) is 3.37. The molecule has 3 aromatic rings. The molecular weight excluding hydrogens is 470 g/mol. The summed E-state index contributed by atoms with van der Waals surface area (Å²) in [5.74, 6) is -2.13. The van der Waals surface area contributed by atoms with Crippen LogP contribution < -0.4 is 15.9 Å². The first kappa shape index (κ1) is 24.3. The summed E-state index contributed by atoms with van der Waals surface area (Å²) < 4.78 is 32.9. The Bertz CT molecular complexity index is 1260. The molecule has 2 saturated heterocycles. The second kappa shape index (κ2) is 10.3. The van der Waals surface area contributed by atoms with E-state index in [0.717, 1.165) is 24.3 Å². The second-order valence-corrected chi connectivity index (χ2v) is 9.11. The number of rotatable bonds is 6. The predicted molar refractivity (Wildman–Crippen MR) is 130 cm³/mol. The molecule has 2 aliphatic rings. The van der Waals surface area contributed by atoms with Crippen LogP contribution in [0.25, 0.3) is 10.9 Å². The van der Waals surface area contributed by atoms with E-state index in [0.29, 0.717) is 29.9 Å². The number of halogens is 2. The molecule has 2 N–H and O–H groups in total. The number of anilines is 1. The number of hydrogen-bond acceptors (Lipinski definition) is 7. The molecule has 0 bridgehead atoms. The quantitative estimate of drug-likeness (QED) is 0.538. The normalized spacial score (nSPS) is 19.2. The predicted octanol–water partition coefficient (Wildman–Crippen LogP) is 2.36. The second-order valence-electron chi connectivity index (χ2n) is 9.11. The summed E-state index contributed by atoms with van der Waals surface area (Å²) in [5, 5.41) is 3.69. The molecule has 2 fully saturated rings. The fourth-order valence-electron chi connectivity index (χ4n) is 4.75. The summed E-state index contributed by atoms with van der Waals surface area (Å²) in [6.07, 6.45) is 2.44. The molecule has 0 aliphatic carbocycles. The van der Waals surface area contributed by atoms with Gasteiger partial charge in [0, 0.05) is 74.5 Å². The van der Waals surface area contributed by atoms with Gasteiger partial charge in [0.15, 0.2) is 0 Å². The van der Waals surface area contributed by atoms with Gasteiger partial charge < -0.3 is 19.9 Å². The topological polar surface area (TPSA) is 103 Å². The minimum Gasteiger partial charge on any atom is -0.378 e. The van der Waals surface area contributed by atoms with Gasteiger partial charge in [-0.1, -0.05) is 6.07 Å². The van der Waals surface area contributed by atoms with Gasteiger partial charge in [-0.2, -0.15) is 0 Å². The largest absolute Gasteiger partial charge is 0.378 e. The molecule has 1 atom stereocenters. The molecule has 5 rings (SSSR count). The fraction of sp³-hybridized carbons (Fsp3) is 0.440. The molecule has 36 heavy (non-hydrogen) atoms. The van der Waals surface area contributed by atoms with Crippen LogP contribution in [0.5, 0.6) is 0 Å². The Labute approximate surface area is 206 Å². The lowest BCUT2D eigenvalue weighted by atomic mass is 10.0. The van der Waals surface area contributed by atoms with E-state index in [1.165, 1.54) is 12.4 Å². The Kier molecular flexibility index (Phi) is 6.92. The number of carbonyl (C=O) groups is 1. The maximum absolute atomic E-state index is 13.8. The van der Waals surface area contributed by atoms with Gasteiger partial charge in [-0.25, -0.2) is 23.5 Å². The van der Waals surface area contributed by atoms with Crippen LogP contribution >= 0.6 is 0 Å². The van der Waals surface area contributed by atoms with E-state index in [4.69, 9.17) is 9.72 Å². The molecule has 1 amide bonds. The monoisotopic (exact) mass is 498 g/mol. The lowest BCUT2D eigenvalue weighted by Crippen LogP contribution is -2.45. The van der Waals surface area contributed by atoms with Crippen molar-refractivity contribution < 1.29 is 18.3 Å². The molecule has 2 aliphatic heterocycles. The van der Waals surface area contributed by atoms with Crippen molar-refractivity contribution in [1.82, 2.24) is 25.2 Å². The van der Waals surface area contributed by atoms with E-state index in [9.17, 15) is 18.4 Å². The number of likely N-dealkylation sites (tertiary alicyclic amines) is 1. The van der Waals surface area contributed by atoms with Crippen LogP contribution in [0.1, 0.15) is 34.8 Å². The van der Waals surface area contributed by atoms with Crippen molar-refractivity contribution in [3.8, 4) is 0 Å². The lowest BCUT2D eigenvalue weighted by molar-refractivity contribution is -0.0632. The van der Waals surface area contributed by atoms with E-state index >= 15 is 0 Å². The standard InChI is InChI=1S/C25H28F2N6O3/c26-25(27)6-8-32(9-7-25)21(17-14-29-24(35)30-15-17)16-28-23(34)19-2-1-3-20-18(19)4-5-22(31-20)33-10-12-36-13-11-33/h1-5,14-15,21H,6-13,16H2,(H,28,34)(H,29,30,35). The number of aromatic amines is 1. The van der Waals surface area contributed by atoms with Crippen molar-refractivity contribution in [3.05, 3.63) is 64.3 Å². The summed E-state index contributed by atoms with van der Waals surface area (Å²) in [5.41, 5.74) is 1.35. The van der Waals surface area contributed by atoms with E-state index in [2.05, 4.69) is 20.2 Å². The Balaban J connectivity index is 1.34. The van der Waals surface area contributed by atoms with Crippen LogP contribution in [0.4, 0.5) is 14.6 Å². The first-order valence-electron chi connectivity index (χ1n) is 12.1. The van der Waals surface area contributed by atoms with Crippen LogP contribution in [0, 0.1) is 0 Å². The Hall–Kier alpha value is -3.44. The average Bonchev–Trinajstić information content (AvgIpc) is 2.90.